The van der Waals surface area contributed by atoms with Crippen LogP contribution in [0.3, 0.4) is 0 Å². The number of rotatable bonds is 14. The van der Waals surface area contributed by atoms with Gasteiger partial charge in [0.15, 0.2) is 0 Å². The largest absolute Gasteiger partial charge is 0.303 e. The van der Waals surface area contributed by atoms with Crippen LogP contribution in [-0.4, -0.2) is 24.8 Å². The number of hydrogen-bond donors (Lipinski definition) is 0. The fourth-order valence-electron chi connectivity index (χ4n) is 2.95. The topological polar surface area (TPSA) is 15.6 Å². The molecule has 0 aliphatic carbocycles. The standard InChI is InChI=1S/C19H40N2/c1-6-8-10-12-14-16-19(18(3)20-21(4)5)17-15-13-11-9-7-2/h19H,6-17H2,1-5H3/b20-18+. The SMILES string of the molecule is CCCCCCCC(CCCCCCC)/C(C)=N/N(C)C. The Hall–Kier alpha value is -0.530. The summed E-state index contributed by atoms with van der Waals surface area (Å²) < 4.78 is 0. The summed E-state index contributed by atoms with van der Waals surface area (Å²) in [5.74, 6) is 0.704. The minimum absolute atomic E-state index is 0.704. The van der Waals surface area contributed by atoms with Crippen LogP contribution in [0.5, 0.6) is 0 Å². The van der Waals surface area contributed by atoms with Gasteiger partial charge >= 0.3 is 0 Å². The highest BCUT2D eigenvalue weighted by molar-refractivity contribution is 5.84. The molecule has 0 amide bonds. The predicted molar refractivity (Wildman–Crippen MR) is 97.0 cm³/mol. The molecule has 0 aromatic rings. The summed E-state index contributed by atoms with van der Waals surface area (Å²) in [5.41, 5.74) is 1.34. The van der Waals surface area contributed by atoms with Crippen molar-refractivity contribution in [3.63, 3.8) is 0 Å². The predicted octanol–water partition coefficient (Wildman–Crippen LogP) is 6.26. The van der Waals surface area contributed by atoms with Gasteiger partial charge in [0.1, 0.15) is 0 Å². The molecule has 0 aromatic carbocycles. The minimum Gasteiger partial charge on any atom is -0.303 e. The van der Waals surface area contributed by atoms with E-state index in [-0.39, 0.29) is 0 Å². The third kappa shape index (κ3) is 12.9. The maximum absolute atomic E-state index is 4.66. The summed E-state index contributed by atoms with van der Waals surface area (Å²) in [6, 6.07) is 0. The van der Waals surface area contributed by atoms with Crippen LogP contribution in [-0.2, 0) is 0 Å². The van der Waals surface area contributed by atoms with Crippen molar-refractivity contribution in [2.45, 2.75) is 97.8 Å². The monoisotopic (exact) mass is 296 g/mol. The molecule has 0 radical (unpaired) electrons. The molecule has 0 aliphatic rings. The first-order valence-corrected chi connectivity index (χ1v) is 9.34. The molecule has 0 rings (SSSR count). The van der Waals surface area contributed by atoms with E-state index in [9.17, 15) is 0 Å². The van der Waals surface area contributed by atoms with Crippen LogP contribution in [0.15, 0.2) is 5.10 Å². The lowest BCUT2D eigenvalue weighted by molar-refractivity contribution is 0.421. The average molecular weight is 297 g/mol. The molecule has 2 nitrogen and oxygen atoms in total. The molecule has 0 aromatic heterocycles. The first-order valence-electron chi connectivity index (χ1n) is 9.34. The van der Waals surface area contributed by atoms with E-state index in [0.717, 1.165) is 0 Å². The van der Waals surface area contributed by atoms with Crippen LogP contribution in [0.4, 0.5) is 0 Å². The van der Waals surface area contributed by atoms with E-state index in [1.807, 2.05) is 19.1 Å². The van der Waals surface area contributed by atoms with Crippen LogP contribution >= 0.6 is 0 Å². The first-order chi connectivity index (χ1) is 10.1. The van der Waals surface area contributed by atoms with Gasteiger partial charge in [-0.1, -0.05) is 78.1 Å². The van der Waals surface area contributed by atoms with E-state index >= 15 is 0 Å². The Bertz CT molecular complexity index is 232. The molecular formula is C19H40N2. The molecule has 21 heavy (non-hydrogen) atoms. The van der Waals surface area contributed by atoms with Gasteiger partial charge in [-0.05, 0) is 25.7 Å². The molecule has 0 spiro atoms. The second-order valence-electron chi connectivity index (χ2n) is 6.69. The number of hydrazone groups is 1. The third-order valence-electron chi connectivity index (χ3n) is 4.26. The van der Waals surface area contributed by atoms with Gasteiger partial charge in [0.2, 0.25) is 0 Å². The van der Waals surface area contributed by atoms with Crippen LogP contribution in [0.2, 0.25) is 0 Å². The molecule has 0 bridgehead atoms. The quantitative estimate of drug-likeness (QED) is 0.210. The summed E-state index contributed by atoms with van der Waals surface area (Å²) in [7, 11) is 4.06. The zero-order valence-electron chi connectivity index (χ0n) is 15.5. The van der Waals surface area contributed by atoms with Gasteiger partial charge in [0.25, 0.3) is 0 Å². The second kappa shape index (κ2) is 14.4. The van der Waals surface area contributed by atoms with Crippen LogP contribution in [0, 0.1) is 5.92 Å². The lowest BCUT2D eigenvalue weighted by atomic mass is 9.91. The zero-order valence-corrected chi connectivity index (χ0v) is 15.5. The van der Waals surface area contributed by atoms with Gasteiger partial charge in [0.05, 0.1) is 0 Å². The van der Waals surface area contributed by atoms with Gasteiger partial charge in [-0.3, -0.25) is 0 Å². The highest BCUT2D eigenvalue weighted by Gasteiger charge is 2.12. The average Bonchev–Trinajstić information content (AvgIpc) is 2.43. The molecule has 0 aliphatic heterocycles. The molecule has 0 saturated heterocycles. The van der Waals surface area contributed by atoms with Crippen molar-refractivity contribution in [3.05, 3.63) is 0 Å². The van der Waals surface area contributed by atoms with Crippen molar-refractivity contribution < 1.29 is 0 Å². The molecule has 0 saturated carbocycles. The van der Waals surface area contributed by atoms with E-state index in [1.54, 1.807) is 0 Å². The Kier molecular flexibility index (Phi) is 14.0. The van der Waals surface area contributed by atoms with Gasteiger partial charge in [0, 0.05) is 19.8 Å². The molecule has 0 unspecified atom stereocenters. The van der Waals surface area contributed by atoms with Gasteiger partial charge in [-0.2, -0.15) is 5.10 Å². The van der Waals surface area contributed by atoms with Crippen LogP contribution < -0.4 is 0 Å². The maximum atomic E-state index is 4.66. The number of nitrogens with zero attached hydrogens (tertiary/aromatic N) is 2. The number of unbranched alkanes of at least 4 members (excludes halogenated alkanes) is 8. The van der Waals surface area contributed by atoms with E-state index in [0.29, 0.717) is 5.92 Å². The van der Waals surface area contributed by atoms with E-state index in [1.165, 1.54) is 82.8 Å². The fraction of sp³-hybridized carbons (Fsp3) is 0.947. The van der Waals surface area contributed by atoms with E-state index in [4.69, 9.17) is 0 Å². The first kappa shape index (κ1) is 20.5. The minimum atomic E-state index is 0.704. The summed E-state index contributed by atoms with van der Waals surface area (Å²) in [6.07, 6.45) is 16.5. The molecule has 2 heteroatoms. The summed E-state index contributed by atoms with van der Waals surface area (Å²) in [6.45, 7) is 6.79. The van der Waals surface area contributed by atoms with Crippen molar-refractivity contribution >= 4 is 5.71 Å². The molecular weight excluding hydrogens is 256 g/mol. The van der Waals surface area contributed by atoms with Gasteiger partial charge < -0.3 is 5.01 Å². The van der Waals surface area contributed by atoms with Crippen molar-refractivity contribution in [2.75, 3.05) is 14.1 Å². The fourth-order valence-corrected chi connectivity index (χ4v) is 2.95. The van der Waals surface area contributed by atoms with Crippen molar-refractivity contribution in [1.29, 1.82) is 0 Å². The summed E-state index contributed by atoms with van der Waals surface area (Å²) in [4.78, 5) is 0. The Labute approximate surface area is 134 Å². The van der Waals surface area contributed by atoms with Crippen molar-refractivity contribution in [2.24, 2.45) is 11.0 Å². The summed E-state index contributed by atoms with van der Waals surface area (Å²) in [5, 5.41) is 6.61. The Morgan fingerprint density at radius 1 is 0.762 bits per heavy atom. The third-order valence-corrected chi connectivity index (χ3v) is 4.26. The Balaban J connectivity index is 4.09. The van der Waals surface area contributed by atoms with Crippen LogP contribution in [0.25, 0.3) is 0 Å². The van der Waals surface area contributed by atoms with E-state index in [2.05, 4.69) is 25.9 Å². The Morgan fingerprint density at radius 2 is 1.19 bits per heavy atom. The maximum Gasteiger partial charge on any atom is 0.0380 e. The smallest absolute Gasteiger partial charge is 0.0380 e. The van der Waals surface area contributed by atoms with Crippen LogP contribution in [0.1, 0.15) is 97.8 Å². The van der Waals surface area contributed by atoms with E-state index < -0.39 is 0 Å². The molecule has 0 atom stereocenters. The zero-order chi connectivity index (χ0) is 15.9. The number of hydrogen-bond acceptors (Lipinski definition) is 2. The Morgan fingerprint density at radius 3 is 1.57 bits per heavy atom. The molecule has 126 valence electrons. The summed E-state index contributed by atoms with van der Waals surface area (Å²) >= 11 is 0. The highest BCUT2D eigenvalue weighted by Crippen LogP contribution is 2.20. The van der Waals surface area contributed by atoms with Crippen molar-refractivity contribution in [1.82, 2.24) is 5.01 Å². The highest BCUT2D eigenvalue weighted by atomic mass is 15.4. The lowest BCUT2D eigenvalue weighted by Crippen LogP contribution is -2.16. The molecule has 0 heterocycles. The van der Waals surface area contributed by atoms with Gasteiger partial charge in [-0.25, -0.2) is 0 Å². The molecule has 0 fully saturated rings. The molecule has 0 N–H and O–H groups in total. The lowest BCUT2D eigenvalue weighted by Gasteiger charge is -2.18. The van der Waals surface area contributed by atoms with Crippen molar-refractivity contribution in [3.8, 4) is 0 Å². The normalized spacial score (nSPS) is 12.2. The second-order valence-corrected chi connectivity index (χ2v) is 6.69. The van der Waals surface area contributed by atoms with Gasteiger partial charge in [-0.15, -0.1) is 0 Å².